The lowest BCUT2D eigenvalue weighted by Gasteiger charge is -2.38. The number of phenolic OH excluding ortho intramolecular Hbond substituents is 3. The number of hydrogen-bond donors (Lipinski definition) is 9. The Labute approximate surface area is 230 Å². The van der Waals surface area contributed by atoms with Gasteiger partial charge < -0.3 is 69.3 Å². The molecule has 2 aliphatic heterocycles. The Kier molecular flexibility index (Phi) is 7.71. The Morgan fingerprint density at radius 1 is 0.780 bits per heavy atom. The summed E-state index contributed by atoms with van der Waals surface area (Å²) in [6, 6.07) is 5.57. The number of fused-ring (bicyclic) bond motifs is 1. The van der Waals surface area contributed by atoms with Crippen LogP contribution in [0.2, 0.25) is 0 Å². The molecule has 2 fully saturated rings. The quantitative estimate of drug-likeness (QED) is 0.157. The zero-order valence-electron chi connectivity index (χ0n) is 21.3. The van der Waals surface area contributed by atoms with Crippen molar-refractivity contribution in [3.8, 4) is 40.1 Å². The van der Waals surface area contributed by atoms with E-state index in [-0.39, 0.29) is 29.3 Å². The zero-order valence-corrected chi connectivity index (χ0v) is 21.3. The Hall–Kier alpha value is -3.67. The van der Waals surface area contributed by atoms with Crippen LogP contribution in [0.1, 0.15) is 6.92 Å². The van der Waals surface area contributed by atoms with Crippen molar-refractivity contribution in [1.82, 2.24) is 0 Å². The van der Waals surface area contributed by atoms with Crippen LogP contribution in [0.4, 0.5) is 0 Å². The number of phenols is 3. The van der Waals surface area contributed by atoms with Gasteiger partial charge in [-0.3, -0.25) is 4.79 Å². The van der Waals surface area contributed by atoms with E-state index in [0.717, 1.165) is 24.3 Å². The van der Waals surface area contributed by atoms with E-state index in [0.29, 0.717) is 0 Å². The average molecular weight is 580 g/mol. The number of aromatic hydroxyl groups is 3. The number of benzene rings is 2. The smallest absolute Gasteiger partial charge is 0.239 e. The number of hydrogen-bond acceptors (Lipinski definition) is 15. The predicted molar refractivity (Wildman–Crippen MR) is 134 cm³/mol. The Morgan fingerprint density at radius 3 is 2.20 bits per heavy atom. The molecule has 1 aromatic heterocycles. The minimum absolute atomic E-state index is 0.00203. The molecule has 0 aliphatic carbocycles. The van der Waals surface area contributed by atoms with Crippen molar-refractivity contribution >= 4 is 11.0 Å². The van der Waals surface area contributed by atoms with Crippen molar-refractivity contribution in [2.24, 2.45) is 0 Å². The molecule has 2 saturated heterocycles. The highest BCUT2D eigenvalue weighted by atomic mass is 16.7. The fraction of sp³-hybridized carbons (Fsp3) is 0.423. The summed E-state index contributed by atoms with van der Waals surface area (Å²) < 4.78 is 27.7. The molecule has 0 bridgehead atoms. The minimum atomic E-state index is -1.81. The lowest BCUT2D eigenvalue weighted by Crippen LogP contribution is -2.58. The summed E-state index contributed by atoms with van der Waals surface area (Å²) in [6.45, 7) is 1.05. The van der Waals surface area contributed by atoms with E-state index in [4.69, 9.17) is 23.4 Å². The van der Waals surface area contributed by atoms with Gasteiger partial charge in [-0.1, -0.05) is 0 Å². The topological polar surface area (TPSA) is 249 Å². The molecule has 3 aromatic rings. The van der Waals surface area contributed by atoms with Crippen LogP contribution in [0.3, 0.4) is 0 Å². The van der Waals surface area contributed by atoms with Crippen LogP contribution < -0.4 is 14.9 Å². The van der Waals surface area contributed by atoms with Gasteiger partial charge in [-0.15, -0.1) is 0 Å². The van der Waals surface area contributed by atoms with Crippen LogP contribution >= 0.6 is 0 Å². The summed E-state index contributed by atoms with van der Waals surface area (Å²) in [5, 5.41) is 90.5. The molecule has 0 radical (unpaired) electrons. The molecular formula is C26H28O15. The second kappa shape index (κ2) is 11.0. The normalized spacial score (nSPS) is 32.1. The van der Waals surface area contributed by atoms with E-state index in [1.54, 1.807) is 0 Å². The molecular weight excluding hydrogens is 552 g/mol. The summed E-state index contributed by atoms with van der Waals surface area (Å²) in [7, 11) is 0. The first-order chi connectivity index (χ1) is 19.4. The number of aliphatic hydroxyl groups is 6. The van der Waals surface area contributed by atoms with Crippen molar-refractivity contribution in [2.75, 3.05) is 6.61 Å². The maximum Gasteiger partial charge on any atom is 0.239 e. The van der Waals surface area contributed by atoms with E-state index >= 15 is 0 Å². The molecule has 3 unspecified atom stereocenters. The molecule has 0 amide bonds. The van der Waals surface area contributed by atoms with Gasteiger partial charge in [0.05, 0.1) is 12.7 Å². The fourth-order valence-electron chi connectivity index (χ4n) is 4.53. The van der Waals surface area contributed by atoms with Crippen LogP contribution in [-0.2, 0) is 9.47 Å². The highest BCUT2D eigenvalue weighted by molar-refractivity contribution is 5.88. The van der Waals surface area contributed by atoms with Crippen LogP contribution in [0.25, 0.3) is 22.3 Å². The van der Waals surface area contributed by atoms with Gasteiger partial charge in [0.1, 0.15) is 59.1 Å². The molecule has 2 aliphatic rings. The van der Waals surface area contributed by atoms with Gasteiger partial charge in [-0.05, 0) is 25.1 Å². The zero-order chi connectivity index (χ0) is 29.7. The van der Waals surface area contributed by atoms with Gasteiger partial charge in [0.25, 0.3) is 0 Å². The summed E-state index contributed by atoms with van der Waals surface area (Å²) in [5.41, 5.74) is -1.25. The fourth-order valence-corrected chi connectivity index (χ4v) is 4.53. The number of rotatable bonds is 5. The predicted octanol–water partition coefficient (Wildman–Crippen LogP) is -1.40. The average Bonchev–Trinajstić information content (AvgIpc) is 2.93. The van der Waals surface area contributed by atoms with E-state index in [1.807, 2.05) is 0 Å². The van der Waals surface area contributed by atoms with E-state index in [2.05, 4.69) is 0 Å². The third-order valence-corrected chi connectivity index (χ3v) is 6.89. The standard InChI is InChI=1S/C26H28O15/c1-8-17(31)20(34)22(36)26(38-8)41-24-19(33)16-13(29)5-10(39-25-21(35)18(32)14(30)7-37-25)6-15(16)40-23(24)9-2-3-11(27)12(28)4-9/h2-6,8,14,17-18,20-22,25-32,34-36H,7H2,1H3/t8?,14-,17-,18-,20?,21?,22-,25-,26-/m0/s1. The monoisotopic (exact) mass is 580 g/mol. The highest BCUT2D eigenvalue weighted by Crippen LogP contribution is 2.40. The maximum atomic E-state index is 13.7. The van der Waals surface area contributed by atoms with Crippen molar-refractivity contribution in [2.45, 2.75) is 62.2 Å². The van der Waals surface area contributed by atoms with E-state index in [1.165, 1.54) is 13.0 Å². The van der Waals surface area contributed by atoms with Crippen molar-refractivity contribution < 1.29 is 69.3 Å². The first-order valence-corrected chi connectivity index (χ1v) is 12.4. The first-order valence-electron chi connectivity index (χ1n) is 12.4. The van der Waals surface area contributed by atoms with Gasteiger partial charge in [-0.2, -0.15) is 0 Å². The second-order valence-electron chi connectivity index (χ2n) is 9.78. The van der Waals surface area contributed by atoms with Gasteiger partial charge in [0, 0.05) is 17.7 Å². The van der Waals surface area contributed by atoms with Crippen LogP contribution in [-0.4, -0.2) is 108 Å². The lowest BCUT2D eigenvalue weighted by molar-refractivity contribution is -0.268. The van der Waals surface area contributed by atoms with E-state index < -0.39 is 89.1 Å². The Bertz CT molecular complexity index is 1490. The summed E-state index contributed by atoms with van der Waals surface area (Å²) >= 11 is 0. The van der Waals surface area contributed by atoms with Gasteiger partial charge >= 0.3 is 0 Å². The molecule has 0 spiro atoms. The largest absolute Gasteiger partial charge is 0.507 e. The molecule has 3 heterocycles. The maximum absolute atomic E-state index is 13.7. The van der Waals surface area contributed by atoms with Crippen LogP contribution in [0.15, 0.2) is 39.5 Å². The molecule has 41 heavy (non-hydrogen) atoms. The molecule has 15 nitrogen and oxygen atoms in total. The summed E-state index contributed by atoms with van der Waals surface area (Å²) in [6.07, 6.45) is -13.7. The van der Waals surface area contributed by atoms with Gasteiger partial charge in [0.15, 0.2) is 17.3 Å². The van der Waals surface area contributed by atoms with E-state index in [9.17, 15) is 50.8 Å². The van der Waals surface area contributed by atoms with Crippen molar-refractivity contribution in [3.63, 3.8) is 0 Å². The molecule has 0 saturated carbocycles. The molecule has 9 atom stereocenters. The van der Waals surface area contributed by atoms with Crippen molar-refractivity contribution in [3.05, 3.63) is 40.6 Å². The van der Waals surface area contributed by atoms with Gasteiger partial charge in [0.2, 0.25) is 23.8 Å². The molecule has 222 valence electrons. The summed E-state index contributed by atoms with van der Waals surface area (Å²) in [4.78, 5) is 13.7. The lowest BCUT2D eigenvalue weighted by atomic mass is 10.00. The molecule has 9 N–H and O–H groups in total. The molecule has 15 heteroatoms. The van der Waals surface area contributed by atoms with Crippen molar-refractivity contribution in [1.29, 1.82) is 0 Å². The summed E-state index contributed by atoms with van der Waals surface area (Å²) in [5.74, 6) is -2.88. The Balaban J connectivity index is 1.61. The van der Waals surface area contributed by atoms with Crippen LogP contribution in [0, 0.1) is 0 Å². The SMILES string of the molecule is CC1O[C@@H](Oc2c(-c3ccc(O)c(O)c3)oc3cc(O[C@@H]4OC[C@H](O)[C@H](O)C4O)cc(O)c3c2=O)[C@@H](O)C(O)[C@H]1O. The third-order valence-electron chi connectivity index (χ3n) is 6.89. The third kappa shape index (κ3) is 5.25. The first kappa shape index (κ1) is 28.8. The molecule has 5 rings (SSSR count). The second-order valence-corrected chi connectivity index (χ2v) is 9.78. The molecule has 2 aromatic carbocycles. The minimum Gasteiger partial charge on any atom is -0.507 e. The van der Waals surface area contributed by atoms with Crippen LogP contribution in [0.5, 0.6) is 28.7 Å². The highest BCUT2D eigenvalue weighted by Gasteiger charge is 2.44. The Morgan fingerprint density at radius 2 is 1.49 bits per heavy atom. The number of ether oxygens (including phenoxy) is 4. The number of aliphatic hydroxyl groups excluding tert-OH is 6. The van der Waals surface area contributed by atoms with Gasteiger partial charge in [-0.25, -0.2) is 0 Å².